The van der Waals surface area contributed by atoms with Crippen LogP contribution in [0.4, 0.5) is 0 Å². The number of furan rings is 2. The van der Waals surface area contributed by atoms with Crippen molar-refractivity contribution < 1.29 is 8.83 Å². The molecule has 0 aliphatic heterocycles. The largest absolute Gasteiger partial charge is 0.461 e. The molecule has 0 fully saturated rings. The Balaban J connectivity index is 0.000000101. The van der Waals surface area contributed by atoms with E-state index in [0.29, 0.717) is 0 Å². The van der Waals surface area contributed by atoms with Crippen molar-refractivity contribution in [3.63, 3.8) is 0 Å². The molecule has 0 saturated heterocycles. The molecule has 0 amide bonds. The molecule has 3 aliphatic rings. The van der Waals surface area contributed by atoms with Gasteiger partial charge in [0.2, 0.25) is 0 Å². The Hall–Kier alpha value is -16.8. The lowest BCUT2D eigenvalue weighted by molar-refractivity contribution is 0.575. The first-order valence-electron chi connectivity index (χ1n) is 49.7. The molecule has 0 unspecified atom stereocenters. The Kier molecular flexibility index (Phi) is 20.3. The molecule has 18 aromatic carbocycles. The fourth-order valence-corrected chi connectivity index (χ4v) is 23.6. The molecule has 0 saturated carbocycles. The highest BCUT2D eigenvalue weighted by molar-refractivity contribution is 6.17. The number of para-hydroxylation sites is 10. The van der Waals surface area contributed by atoms with Gasteiger partial charge in [-0.25, -0.2) is 4.98 Å². The summed E-state index contributed by atoms with van der Waals surface area (Å²) in [5.74, 6) is 1.89. The Morgan fingerprint density at radius 1 is 0.211 bits per heavy atom. The van der Waals surface area contributed by atoms with Crippen LogP contribution in [0.2, 0.25) is 0 Å². The highest BCUT2D eigenvalue weighted by atomic mass is 16.3. The minimum Gasteiger partial charge on any atom is -0.461 e. The third-order valence-electron chi connectivity index (χ3n) is 32.3. The lowest BCUT2D eigenvalue weighted by atomic mass is 9.81. The molecule has 0 spiro atoms. The lowest BCUT2D eigenvalue weighted by Gasteiger charge is -2.22. The van der Waals surface area contributed by atoms with Gasteiger partial charge in [-0.3, -0.25) is 4.57 Å². The number of aromatic nitrogens is 6. The summed E-state index contributed by atoms with van der Waals surface area (Å²) < 4.78 is 24.3. The van der Waals surface area contributed by atoms with Crippen molar-refractivity contribution in [2.75, 3.05) is 0 Å². The van der Waals surface area contributed by atoms with E-state index in [-0.39, 0.29) is 16.2 Å². The predicted octanol–water partition coefficient (Wildman–Crippen LogP) is 36.7. The van der Waals surface area contributed by atoms with Gasteiger partial charge in [0.1, 0.15) is 28.3 Å². The van der Waals surface area contributed by atoms with E-state index in [9.17, 15) is 0 Å². The maximum absolute atomic E-state index is 6.32. The molecule has 3 aliphatic carbocycles. The first-order valence-corrected chi connectivity index (χ1v) is 49.7. The van der Waals surface area contributed by atoms with E-state index in [1.807, 2.05) is 31.2 Å². The van der Waals surface area contributed by atoms with Gasteiger partial charge in [-0.2, -0.15) is 0 Å². The minimum absolute atomic E-state index is 0.0461. The Labute approximate surface area is 827 Å². The van der Waals surface area contributed by atoms with Gasteiger partial charge < -0.3 is 27.1 Å². The first kappa shape index (κ1) is 86.7. The summed E-state index contributed by atoms with van der Waals surface area (Å²) in [5, 5.41) is 13.8. The van der Waals surface area contributed by atoms with E-state index in [0.717, 1.165) is 89.3 Å². The standard InChI is InChI=1S/C37H29NO.C37H31N.C35H25N3O.C25H23N/c1-22-23(2)37(3,4)32-20-31-27-10-5-7-14-33(27)38(34(31)21-30(22)32)25-18-16-24(17-19-25)26-12-9-13-29-28-11-6-8-15-35(28)39-36(26)29;1-24-25(2)37(3,4)34-22-33-31-17-11-12-18-35(31)38(36(33)23-32(24)34)30-20-28(26-13-7-5-8-14-26)19-29(21-30)27-15-9-6-10-16-27;1-22-23(2)39-34-21-29-27-15-6-8-17-31(27)37(33(29)20-28(22)34)26-14-10-11-24(19-26)35-36-30-16-7-9-18-32(30)38(35)25-12-4-3-5-13-25;1-16-17(2)25(3,4)22-14-21-19-12-8-9-13-23(19)26(24(21)15-20(16)22)18-10-6-5-7-11-18/h5-21H,1-4H3;5-23H,1-4H3;3-21H,1-2H3;5-15H,1-4H3. The molecule has 8 heteroatoms. The van der Waals surface area contributed by atoms with Crippen LogP contribution < -0.4 is 0 Å². The lowest BCUT2D eigenvalue weighted by Crippen LogP contribution is -2.15. The molecule has 7 heterocycles. The Bertz CT molecular complexity index is 9560. The van der Waals surface area contributed by atoms with Crippen molar-refractivity contribution >= 4 is 148 Å². The van der Waals surface area contributed by atoms with Crippen LogP contribution in [0.5, 0.6) is 0 Å². The van der Waals surface area contributed by atoms with E-state index in [4.69, 9.17) is 13.8 Å². The van der Waals surface area contributed by atoms with Crippen LogP contribution in [0.1, 0.15) is 128 Å². The number of allylic oxidation sites excluding steroid dienone is 6. The van der Waals surface area contributed by atoms with Gasteiger partial charge in [0.25, 0.3) is 0 Å². The number of rotatable bonds is 9. The molecular weight excluding hydrogens is 1730 g/mol. The van der Waals surface area contributed by atoms with Crippen molar-refractivity contribution in [3.05, 3.63) is 462 Å². The summed E-state index contributed by atoms with van der Waals surface area (Å²) in [6, 6.07) is 144. The maximum Gasteiger partial charge on any atom is 0.145 e. The van der Waals surface area contributed by atoms with Crippen LogP contribution in [0, 0.1) is 13.8 Å². The summed E-state index contributed by atoms with van der Waals surface area (Å²) in [6.45, 7) is 32.0. The Morgan fingerprint density at radius 3 is 1.06 bits per heavy atom. The second-order valence-corrected chi connectivity index (χ2v) is 40.7. The van der Waals surface area contributed by atoms with Crippen LogP contribution in [-0.2, 0) is 16.2 Å². The summed E-state index contributed by atoms with van der Waals surface area (Å²) >= 11 is 0. The van der Waals surface area contributed by atoms with Gasteiger partial charge in [-0.05, 0) is 297 Å². The molecule has 0 bridgehead atoms. The normalized spacial score (nSPS) is 14.1. The fourth-order valence-electron chi connectivity index (χ4n) is 23.6. The van der Waals surface area contributed by atoms with Crippen molar-refractivity contribution in [2.45, 2.75) is 113 Å². The average Bonchev–Trinajstić information content (AvgIpc) is 1.58. The van der Waals surface area contributed by atoms with Crippen molar-refractivity contribution in [3.8, 4) is 73.2 Å². The zero-order valence-corrected chi connectivity index (χ0v) is 82.6. The average molecular weight is 1830 g/mol. The van der Waals surface area contributed by atoms with Gasteiger partial charge in [-0.15, -0.1) is 0 Å². The summed E-state index contributed by atoms with van der Waals surface area (Å²) in [7, 11) is 0. The van der Waals surface area contributed by atoms with Gasteiger partial charge in [0.15, 0.2) is 0 Å². The number of nitrogens with zero attached hydrogens (tertiary/aromatic N) is 6. The van der Waals surface area contributed by atoms with Crippen LogP contribution in [-0.4, -0.2) is 27.8 Å². The third-order valence-corrected chi connectivity index (χ3v) is 32.3. The second kappa shape index (κ2) is 33.2. The molecule has 8 nitrogen and oxygen atoms in total. The van der Waals surface area contributed by atoms with Crippen LogP contribution in [0.25, 0.3) is 221 Å². The van der Waals surface area contributed by atoms with Gasteiger partial charge in [0.05, 0.1) is 55.2 Å². The molecule has 28 rings (SSSR count). The highest BCUT2D eigenvalue weighted by Crippen LogP contribution is 2.54. The topological polar surface area (TPSA) is 63.8 Å². The number of imidazole rings is 1. The third kappa shape index (κ3) is 13.6. The number of hydrogen-bond acceptors (Lipinski definition) is 3. The smallest absolute Gasteiger partial charge is 0.145 e. The van der Waals surface area contributed by atoms with Crippen molar-refractivity contribution in [1.82, 2.24) is 27.8 Å². The van der Waals surface area contributed by atoms with Gasteiger partial charge in [-0.1, -0.05) is 301 Å². The Morgan fingerprint density at radius 2 is 0.570 bits per heavy atom. The zero-order chi connectivity index (χ0) is 96.6. The quantitative estimate of drug-likeness (QED) is 0.145. The number of hydrogen-bond donors (Lipinski definition) is 0. The fraction of sp³-hybridized carbons (Fsp3) is 0.127. The molecule has 0 radical (unpaired) electrons. The minimum atomic E-state index is 0.0461. The molecule has 142 heavy (non-hydrogen) atoms. The van der Waals surface area contributed by atoms with Crippen LogP contribution >= 0.6 is 0 Å². The number of aryl methyl sites for hydroxylation is 2. The van der Waals surface area contributed by atoms with E-state index >= 15 is 0 Å². The van der Waals surface area contributed by atoms with E-state index < -0.39 is 0 Å². The highest BCUT2D eigenvalue weighted by Gasteiger charge is 2.39. The summed E-state index contributed by atoms with van der Waals surface area (Å²) in [5.41, 5.74) is 47.3. The summed E-state index contributed by atoms with van der Waals surface area (Å²) in [6.07, 6.45) is 0. The molecule has 686 valence electrons. The van der Waals surface area contributed by atoms with Crippen molar-refractivity contribution in [2.24, 2.45) is 0 Å². The molecule has 7 aromatic heterocycles. The maximum atomic E-state index is 6.32. The van der Waals surface area contributed by atoms with E-state index in [2.05, 4.69) is 489 Å². The van der Waals surface area contributed by atoms with Gasteiger partial charge >= 0.3 is 0 Å². The first-order chi connectivity index (χ1) is 69.0. The molecular formula is C134H108N6O2. The number of fused-ring (bicyclic) bond motifs is 20. The SMILES string of the molecule is CC1=C(C)C(C)(C)c2cc3c4ccccc4n(-c4cc(-c5ccccc5)cc(-c5ccccc5)c4)c3cc21.CC1=C(C)C(C)(C)c2cc3c4ccccc4n(-c4ccc(-c5cccc6c5oc5ccccc56)cc4)c3cc21.CC1=C(C)C(C)(C)c2cc3c4ccccc4n(-c4ccccc4)c3cc21.Cc1oc2cc3c4ccccc4n(-c4cccc(-c5nc6ccccc6n5-c5ccccc5)c4)c3cc2c1C. The summed E-state index contributed by atoms with van der Waals surface area (Å²) in [4.78, 5) is 5.10. The van der Waals surface area contributed by atoms with Gasteiger partial charge in [0, 0.05) is 115 Å². The van der Waals surface area contributed by atoms with Crippen LogP contribution in [0.15, 0.2) is 426 Å². The molecule has 0 atom stereocenters. The van der Waals surface area contributed by atoms with Crippen LogP contribution in [0.3, 0.4) is 0 Å². The second-order valence-electron chi connectivity index (χ2n) is 40.7. The van der Waals surface area contributed by atoms with E-state index in [1.165, 1.54) is 193 Å². The molecule has 25 aromatic rings. The zero-order valence-electron chi connectivity index (χ0n) is 82.6. The molecule has 0 N–H and O–H groups in total. The monoisotopic (exact) mass is 1830 g/mol. The predicted molar refractivity (Wildman–Crippen MR) is 600 cm³/mol. The van der Waals surface area contributed by atoms with Crippen molar-refractivity contribution in [1.29, 1.82) is 0 Å². The van der Waals surface area contributed by atoms with E-state index in [1.54, 1.807) is 0 Å². The number of benzene rings is 18.